The monoisotopic (exact) mass is 363 g/mol. The molecule has 2 nitrogen and oxygen atoms in total. The van der Waals surface area contributed by atoms with Crippen LogP contribution in [0.3, 0.4) is 0 Å². The zero-order chi connectivity index (χ0) is 14.0. The summed E-state index contributed by atoms with van der Waals surface area (Å²) in [5.74, 6) is 0.0782. The lowest BCUT2D eigenvalue weighted by Crippen LogP contribution is -2.00. The van der Waals surface area contributed by atoms with E-state index in [-0.39, 0.29) is 12.4 Å². The minimum atomic E-state index is -0.330. The zero-order valence-corrected chi connectivity index (χ0v) is 12.7. The molecule has 0 unspecified atom stereocenters. The van der Waals surface area contributed by atoms with E-state index in [1.807, 2.05) is 0 Å². The van der Waals surface area contributed by atoms with Crippen molar-refractivity contribution in [3.8, 4) is 5.75 Å². The topological polar surface area (TPSA) is 35.2 Å². The number of nitrogens with two attached hydrogens (primary N) is 1. The van der Waals surface area contributed by atoms with Crippen LogP contribution in [0, 0.1) is 5.82 Å². The van der Waals surface area contributed by atoms with Crippen molar-refractivity contribution in [2.24, 2.45) is 0 Å². The lowest BCUT2D eigenvalue weighted by atomic mass is 10.2. The molecule has 0 spiro atoms. The maximum Gasteiger partial charge on any atom is 0.144 e. The van der Waals surface area contributed by atoms with Crippen LogP contribution >= 0.6 is 39.1 Å². The predicted octanol–water partition coefficient (Wildman–Crippen LogP) is 5.06. The quantitative estimate of drug-likeness (QED) is 0.773. The number of hydrogen-bond donors (Lipinski definition) is 1. The Balaban J connectivity index is 2.19. The number of benzene rings is 2. The molecule has 0 bridgehead atoms. The predicted molar refractivity (Wildman–Crippen MR) is 79.3 cm³/mol. The van der Waals surface area contributed by atoms with Gasteiger partial charge in [0.05, 0.1) is 15.7 Å². The summed E-state index contributed by atoms with van der Waals surface area (Å²) in [7, 11) is 0. The molecule has 0 aliphatic rings. The third-order valence-corrected chi connectivity index (χ3v) is 3.94. The number of hydrogen-bond acceptors (Lipinski definition) is 2. The third kappa shape index (κ3) is 3.53. The fourth-order valence-electron chi connectivity index (χ4n) is 1.48. The van der Waals surface area contributed by atoms with Gasteiger partial charge in [0, 0.05) is 16.1 Å². The van der Waals surface area contributed by atoms with Gasteiger partial charge >= 0.3 is 0 Å². The molecule has 2 rings (SSSR count). The first-order valence-electron chi connectivity index (χ1n) is 5.28. The first-order chi connectivity index (χ1) is 8.97. The maximum atomic E-state index is 13.1. The molecule has 0 aromatic heterocycles. The smallest absolute Gasteiger partial charge is 0.144 e. The molecule has 0 fully saturated rings. The molecule has 0 aliphatic heterocycles. The Bertz CT molecular complexity index is 622. The van der Waals surface area contributed by atoms with E-state index < -0.39 is 0 Å². The van der Waals surface area contributed by atoms with Gasteiger partial charge in [0.1, 0.15) is 18.2 Å². The molecule has 0 aliphatic carbocycles. The summed E-state index contributed by atoms with van der Waals surface area (Å²) in [6.45, 7) is 0.167. The van der Waals surface area contributed by atoms with Gasteiger partial charge in [-0.25, -0.2) is 4.39 Å². The van der Waals surface area contributed by atoms with Gasteiger partial charge in [-0.1, -0.05) is 39.1 Å². The zero-order valence-electron chi connectivity index (χ0n) is 9.59. The highest BCUT2D eigenvalue weighted by Crippen LogP contribution is 2.33. The normalized spacial score (nSPS) is 10.5. The second-order valence-electron chi connectivity index (χ2n) is 3.83. The molecule has 0 saturated carbocycles. The van der Waals surface area contributed by atoms with Gasteiger partial charge in [0.2, 0.25) is 0 Å². The lowest BCUT2D eigenvalue weighted by Gasteiger charge is -2.11. The van der Waals surface area contributed by atoms with Gasteiger partial charge in [0.25, 0.3) is 0 Å². The van der Waals surface area contributed by atoms with Crippen LogP contribution in [0.1, 0.15) is 5.56 Å². The van der Waals surface area contributed by atoms with Crippen LogP contribution in [-0.2, 0) is 6.61 Å². The highest BCUT2D eigenvalue weighted by molar-refractivity contribution is 9.10. The van der Waals surface area contributed by atoms with E-state index in [0.717, 1.165) is 4.47 Å². The molecular formula is C13H9BrCl2FNO. The number of halogens is 4. The molecule has 19 heavy (non-hydrogen) atoms. The molecule has 100 valence electrons. The Labute approximate surface area is 128 Å². The first kappa shape index (κ1) is 14.4. The molecule has 0 atom stereocenters. The second-order valence-corrected chi connectivity index (χ2v) is 5.50. The van der Waals surface area contributed by atoms with Crippen molar-refractivity contribution >= 4 is 44.8 Å². The molecule has 0 radical (unpaired) electrons. The van der Waals surface area contributed by atoms with Crippen LogP contribution in [0.15, 0.2) is 34.8 Å². The van der Waals surface area contributed by atoms with Crippen LogP contribution in [0.25, 0.3) is 0 Å². The minimum Gasteiger partial charge on any atom is -0.487 e. The molecule has 2 aromatic rings. The fraction of sp³-hybridized carbons (Fsp3) is 0.0769. The SMILES string of the molecule is Nc1cc(Cl)c(Cl)cc1OCc1cc(F)ccc1Br. The van der Waals surface area contributed by atoms with E-state index in [9.17, 15) is 4.39 Å². The summed E-state index contributed by atoms with van der Waals surface area (Å²) >= 11 is 15.0. The van der Waals surface area contributed by atoms with Crippen LogP contribution in [0.5, 0.6) is 5.75 Å². The van der Waals surface area contributed by atoms with Crippen LogP contribution in [0.2, 0.25) is 10.0 Å². The molecule has 0 heterocycles. The van der Waals surface area contributed by atoms with Crippen molar-refractivity contribution in [2.45, 2.75) is 6.61 Å². The number of rotatable bonds is 3. The Morgan fingerprint density at radius 1 is 1.16 bits per heavy atom. The largest absolute Gasteiger partial charge is 0.487 e. The summed E-state index contributed by atoms with van der Waals surface area (Å²) in [5.41, 5.74) is 6.82. The average molecular weight is 365 g/mol. The Morgan fingerprint density at radius 2 is 1.84 bits per heavy atom. The average Bonchev–Trinajstić information content (AvgIpc) is 2.36. The van der Waals surface area contributed by atoms with Crippen molar-refractivity contribution in [3.63, 3.8) is 0 Å². The third-order valence-electron chi connectivity index (χ3n) is 2.44. The van der Waals surface area contributed by atoms with Crippen molar-refractivity contribution in [1.29, 1.82) is 0 Å². The number of anilines is 1. The van der Waals surface area contributed by atoms with Crippen molar-refractivity contribution in [1.82, 2.24) is 0 Å². The summed E-state index contributed by atoms with van der Waals surface area (Å²) in [6.07, 6.45) is 0. The summed E-state index contributed by atoms with van der Waals surface area (Å²) in [4.78, 5) is 0. The first-order valence-corrected chi connectivity index (χ1v) is 6.83. The Kier molecular flexibility index (Phi) is 4.55. The fourth-order valence-corrected chi connectivity index (χ4v) is 2.17. The van der Waals surface area contributed by atoms with E-state index >= 15 is 0 Å². The summed E-state index contributed by atoms with van der Waals surface area (Å²) in [6, 6.07) is 7.41. The molecule has 6 heteroatoms. The minimum absolute atomic E-state index is 0.167. The van der Waals surface area contributed by atoms with E-state index in [2.05, 4.69) is 15.9 Å². The summed E-state index contributed by atoms with van der Waals surface area (Å²) in [5, 5.41) is 0.711. The highest BCUT2D eigenvalue weighted by Gasteiger charge is 2.08. The van der Waals surface area contributed by atoms with Crippen molar-refractivity contribution < 1.29 is 9.13 Å². The van der Waals surface area contributed by atoms with Crippen LogP contribution in [-0.4, -0.2) is 0 Å². The molecule has 2 aromatic carbocycles. The Morgan fingerprint density at radius 3 is 2.58 bits per heavy atom. The maximum absolute atomic E-state index is 13.1. The van der Waals surface area contributed by atoms with Crippen molar-refractivity contribution in [2.75, 3.05) is 5.73 Å². The van der Waals surface area contributed by atoms with Crippen molar-refractivity contribution in [3.05, 3.63) is 56.2 Å². The van der Waals surface area contributed by atoms with E-state index in [1.54, 1.807) is 6.07 Å². The van der Waals surface area contributed by atoms with Gasteiger partial charge < -0.3 is 10.5 Å². The van der Waals surface area contributed by atoms with Gasteiger partial charge in [-0.2, -0.15) is 0 Å². The standard InChI is InChI=1S/C13H9BrCl2FNO/c14-9-2-1-8(17)3-7(9)6-19-13-5-11(16)10(15)4-12(13)18/h1-5H,6,18H2. The summed E-state index contributed by atoms with van der Waals surface area (Å²) < 4.78 is 19.4. The molecule has 0 amide bonds. The van der Waals surface area contributed by atoms with E-state index in [4.69, 9.17) is 33.7 Å². The van der Waals surface area contributed by atoms with Gasteiger partial charge in [-0.05, 0) is 24.3 Å². The number of nitrogen functional groups attached to an aromatic ring is 1. The highest BCUT2D eigenvalue weighted by atomic mass is 79.9. The number of ether oxygens (including phenoxy) is 1. The van der Waals surface area contributed by atoms with Gasteiger partial charge in [0.15, 0.2) is 0 Å². The second kappa shape index (κ2) is 5.99. The van der Waals surface area contributed by atoms with E-state index in [0.29, 0.717) is 27.0 Å². The van der Waals surface area contributed by atoms with E-state index in [1.165, 1.54) is 24.3 Å². The lowest BCUT2D eigenvalue weighted by molar-refractivity contribution is 0.306. The van der Waals surface area contributed by atoms with Crippen LogP contribution in [0.4, 0.5) is 10.1 Å². The molecule has 2 N–H and O–H groups in total. The Hall–Kier alpha value is -0.970. The van der Waals surface area contributed by atoms with Gasteiger partial charge in [-0.3, -0.25) is 0 Å². The molecular weight excluding hydrogens is 356 g/mol. The van der Waals surface area contributed by atoms with Crippen LogP contribution < -0.4 is 10.5 Å². The van der Waals surface area contributed by atoms with Gasteiger partial charge in [-0.15, -0.1) is 0 Å². The molecule has 0 saturated heterocycles.